The molecule has 1 unspecified atom stereocenters. The van der Waals surface area contributed by atoms with E-state index >= 15 is 0 Å². The smallest absolute Gasteiger partial charge is 0.275 e. The van der Waals surface area contributed by atoms with Gasteiger partial charge in [0.1, 0.15) is 12.3 Å². The van der Waals surface area contributed by atoms with Crippen molar-refractivity contribution in [3.8, 4) is 5.75 Å². The van der Waals surface area contributed by atoms with Gasteiger partial charge in [-0.15, -0.1) is 0 Å². The average Bonchev–Trinajstić information content (AvgIpc) is 3.17. The normalized spacial score (nSPS) is 21.0. The average molecular weight is 416 g/mol. The molecule has 1 saturated heterocycles. The Hall–Kier alpha value is -3.61. The van der Waals surface area contributed by atoms with Crippen LogP contribution in [-0.2, 0) is 21.5 Å². The van der Waals surface area contributed by atoms with E-state index in [0.29, 0.717) is 18.9 Å². The van der Waals surface area contributed by atoms with Crippen LogP contribution in [0.25, 0.3) is 10.9 Å². The number of nitrogens with zero attached hydrogens (tertiary/aromatic N) is 3. The molecule has 7 nitrogen and oxygen atoms in total. The molecule has 5 rings (SSSR count). The fraction of sp³-hybridized carbons (Fsp3) is 0.292. The van der Waals surface area contributed by atoms with Crippen LogP contribution in [0.5, 0.6) is 5.75 Å². The maximum absolute atomic E-state index is 13.7. The van der Waals surface area contributed by atoms with Gasteiger partial charge in [-0.2, -0.15) is 5.10 Å². The van der Waals surface area contributed by atoms with E-state index in [4.69, 9.17) is 4.74 Å². The number of fused-ring (bicyclic) bond motifs is 5. The third-order valence-corrected chi connectivity index (χ3v) is 6.22. The summed E-state index contributed by atoms with van der Waals surface area (Å²) in [6.45, 7) is 4.70. The van der Waals surface area contributed by atoms with Crippen molar-refractivity contribution in [3.63, 3.8) is 0 Å². The summed E-state index contributed by atoms with van der Waals surface area (Å²) < 4.78 is 5.64. The van der Waals surface area contributed by atoms with Crippen LogP contribution in [0.1, 0.15) is 30.7 Å². The predicted octanol–water partition coefficient (Wildman–Crippen LogP) is 3.04. The Bertz CT molecular complexity index is 1210. The van der Waals surface area contributed by atoms with Crippen molar-refractivity contribution in [3.05, 3.63) is 65.4 Å². The van der Waals surface area contributed by atoms with Gasteiger partial charge in [0.2, 0.25) is 5.91 Å². The first-order valence-electron chi connectivity index (χ1n) is 10.5. The molecule has 1 atom stereocenters. The van der Waals surface area contributed by atoms with Gasteiger partial charge in [-0.3, -0.25) is 9.59 Å². The molecule has 1 fully saturated rings. The van der Waals surface area contributed by atoms with Crippen LogP contribution < -0.4 is 4.74 Å². The number of aromatic amines is 1. The van der Waals surface area contributed by atoms with E-state index in [0.717, 1.165) is 34.1 Å². The van der Waals surface area contributed by atoms with E-state index in [2.05, 4.69) is 16.2 Å². The molecule has 158 valence electrons. The second-order valence-electron chi connectivity index (χ2n) is 7.97. The second-order valence-corrected chi connectivity index (χ2v) is 7.97. The molecule has 0 saturated carbocycles. The lowest BCUT2D eigenvalue weighted by Gasteiger charge is -2.48. The largest absolute Gasteiger partial charge is 0.493 e. The van der Waals surface area contributed by atoms with E-state index in [1.54, 1.807) is 11.1 Å². The van der Waals surface area contributed by atoms with Gasteiger partial charge in [-0.05, 0) is 44.0 Å². The Morgan fingerprint density at radius 1 is 1.16 bits per heavy atom. The molecular formula is C24H24N4O3. The zero-order valence-corrected chi connectivity index (χ0v) is 17.6. The Labute approximate surface area is 180 Å². The second kappa shape index (κ2) is 7.27. The first kappa shape index (κ1) is 19.4. The minimum Gasteiger partial charge on any atom is -0.493 e. The highest BCUT2D eigenvalue weighted by Crippen LogP contribution is 2.41. The number of benzene rings is 2. The minimum atomic E-state index is -1.11. The molecule has 2 amide bonds. The molecule has 2 aromatic carbocycles. The summed E-state index contributed by atoms with van der Waals surface area (Å²) in [4.78, 5) is 31.8. The maximum atomic E-state index is 13.7. The topological polar surface area (TPSA) is 78.0 Å². The van der Waals surface area contributed by atoms with Crippen molar-refractivity contribution in [2.75, 3.05) is 19.7 Å². The minimum absolute atomic E-state index is 0.0721. The molecule has 1 N–H and O–H groups in total. The van der Waals surface area contributed by atoms with Crippen LogP contribution in [0.4, 0.5) is 0 Å². The zero-order chi connectivity index (χ0) is 21.6. The molecule has 2 aliphatic rings. The summed E-state index contributed by atoms with van der Waals surface area (Å²) >= 11 is 0. The Kier molecular flexibility index (Phi) is 4.54. The lowest BCUT2D eigenvalue weighted by Crippen LogP contribution is -2.65. The Morgan fingerprint density at radius 3 is 2.77 bits per heavy atom. The number of nitrogens with one attached hydrogen (secondary N) is 1. The summed E-state index contributed by atoms with van der Waals surface area (Å²) in [5, 5.41) is 6.79. The third-order valence-electron chi connectivity index (χ3n) is 6.22. The van der Waals surface area contributed by atoms with Crippen molar-refractivity contribution in [1.82, 2.24) is 14.9 Å². The van der Waals surface area contributed by atoms with Gasteiger partial charge in [0.25, 0.3) is 5.91 Å². The number of hydrogen-bond acceptors (Lipinski definition) is 4. The van der Waals surface area contributed by atoms with Crippen LogP contribution >= 0.6 is 0 Å². The van der Waals surface area contributed by atoms with Crippen molar-refractivity contribution in [1.29, 1.82) is 0 Å². The number of rotatable bonds is 4. The summed E-state index contributed by atoms with van der Waals surface area (Å²) in [6.07, 6.45) is 2.31. The van der Waals surface area contributed by atoms with E-state index in [1.807, 2.05) is 56.3 Å². The molecule has 31 heavy (non-hydrogen) atoms. The highest BCUT2D eigenvalue weighted by Gasteiger charge is 2.54. The number of carbonyl (C=O) groups excluding carboxylic acids is 2. The fourth-order valence-corrected chi connectivity index (χ4v) is 4.69. The molecule has 7 heteroatoms. The number of H-pyrrole nitrogens is 1. The lowest BCUT2D eigenvalue weighted by atomic mass is 9.83. The molecule has 2 aliphatic heterocycles. The van der Waals surface area contributed by atoms with E-state index in [-0.39, 0.29) is 18.4 Å². The van der Waals surface area contributed by atoms with Crippen LogP contribution in [-0.4, -0.2) is 52.6 Å². The summed E-state index contributed by atoms with van der Waals surface area (Å²) in [5.74, 6) is 0.360. The van der Waals surface area contributed by atoms with Crippen LogP contribution in [0, 0.1) is 0 Å². The molecule has 0 bridgehead atoms. The number of hydrogen-bond donors (Lipinski definition) is 1. The molecule has 3 heterocycles. The summed E-state index contributed by atoms with van der Waals surface area (Å²) in [5.41, 5.74) is 2.50. The van der Waals surface area contributed by atoms with Gasteiger partial charge < -0.3 is 14.6 Å². The monoisotopic (exact) mass is 416 g/mol. The van der Waals surface area contributed by atoms with Gasteiger partial charge in [0.15, 0.2) is 5.54 Å². The van der Waals surface area contributed by atoms with Crippen molar-refractivity contribution >= 4 is 28.9 Å². The van der Waals surface area contributed by atoms with Gasteiger partial charge >= 0.3 is 0 Å². The molecular weight excluding hydrogens is 392 g/mol. The number of carbonyl (C=O) groups is 2. The molecule has 3 aromatic rings. The van der Waals surface area contributed by atoms with Crippen LogP contribution in [0.2, 0.25) is 0 Å². The standard InChI is InChI=1S/C24H24N4O3/c1-3-31-20-11-7-4-8-16(20)14-25-28-15-21(29)27-13-12-18-17-9-5-6-10-19(17)26-22(18)24(27,2)23(28)30/h4-11,14,26H,3,12-13,15H2,1-2H3. The fourth-order valence-electron chi connectivity index (χ4n) is 4.69. The SMILES string of the molecule is CCOc1ccccc1C=NN1CC(=O)N2CCc3c([nH]c4ccccc34)C2(C)C1=O. The van der Waals surface area contributed by atoms with Gasteiger partial charge in [0.05, 0.1) is 18.5 Å². The summed E-state index contributed by atoms with van der Waals surface area (Å²) in [7, 11) is 0. The Morgan fingerprint density at radius 2 is 1.94 bits per heavy atom. The summed E-state index contributed by atoms with van der Waals surface area (Å²) in [6, 6.07) is 15.5. The molecule has 0 aliphatic carbocycles. The first-order chi connectivity index (χ1) is 15.0. The van der Waals surface area contributed by atoms with E-state index in [1.165, 1.54) is 5.01 Å². The van der Waals surface area contributed by atoms with Crippen LogP contribution in [0.15, 0.2) is 53.6 Å². The molecule has 1 aromatic heterocycles. The first-order valence-corrected chi connectivity index (χ1v) is 10.5. The highest BCUT2D eigenvalue weighted by molar-refractivity contribution is 6.01. The van der Waals surface area contributed by atoms with Gasteiger partial charge in [0, 0.05) is 23.0 Å². The van der Waals surface area contributed by atoms with Gasteiger partial charge in [-0.1, -0.05) is 30.3 Å². The number of hydrazone groups is 1. The van der Waals surface area contributed by atoms with Crippen molar-refractivity contribution in [2.24, 2.45) is 5.10 Å². The van der Waals surface area contributed by atoms with Crippen molar-refractivity contribution < 1.29 is 14.3 Å². The zero-order valence-electron chi connectivity index (χ0n) is 17.6. The van der Waals surface area contributed by atoms with E-state index in [9.17, 15) is 9.59 Å². The van der Waals surface area contributed by atoms with Crippen molar-refractivity contribution in [2.45, 2.75) is 25.8 Å². The number of piperazine rings is 1. The number of aromatic nitrogens is 1. The lowest BCUT2D eigenvalue weighted by molar-refractivity contribution is -0.165. The number of ether oxygens (including phenoxy) is 1. The predicted molar refractivity (Wildman–Crippen MR) is 118 cm³/mol. The molecule has 0 spiro atoms. The highest BCUT2D eigenvalue weighted by atomic mass is 16.5. The Balaban J connectivity index is 1.54. The quantitative estimate of drug-likeness (QED) is 0.664. The number of para-hydroxylation sites is 2. The van der Waals surface area contributed by atoms with Crippen LogP contribution in [0.3, 0.4) is 0 Å². The third kappa shape index (κ3) is 2.91. The van der Waals surface area contributed by atoms with Gasteiger partial charge in [-0.25, -0.2) is 5.01 Å². The maximum Gasteiger partial charge on any atom is 0.275 e. The van der Waals surface area contributed by atoms with E-state index < -0.39 is 5.54 Å². The number of amides is 2. The molecule has 0 radical (unpaired) electrons.